The lowest BCUT2D eigenvalue weighted by Gasteiger charge is -2.23. The van der Waals surface area contributed by atoms with E-state index in [1.165, 1.54) is 0 Å². The van der Waals surface area contributed by atoms with E-state index in [9.17, 15) is 0 Å². The van der Waals surface area contributed by atoms with Gasteiger partial charge in [-0.1, -0.05) is 309 Å². The van der Waals surface area contributed by atoms with Crippen molar-refractivity contribution in [1.29, 1.82) is 0 Å². The molecule has 0 aliphatic heterocycles. The molecule has 0 N–H and O–H groups in total. The largest absolute Gasteiger partial charge is 0.311 e. The van der Waals surface area contributed by atoms with Gasteiger partial charge in [-0.15, -0.1) is 166 Å². The predicted molar refractivity (Wildman–Crippen MR) is 515 cm³/mol. The summed E-state index contributed by atoms with van der Waals surface area (Å²) < 4.78 is 0. The van der Waals surface area contributed by atoms with E-state index in [1.54, 1.807) is 0 Å². The van der Waals surface area contributed by atoms with Gasteiger partial charge in [0.25, 0.3) is 16.1 Å². The van der Waals surface area contributed by atoms with Crippen LogP contribution >= 0.6 is 0 Å². The van der Waals surface area contributed by atoms with Crippen LogP contribution in [0.2, 0.25) is 287 Å². The highest BCUT2D eigenvalue weighted by atomic mass is 28.4. The molecule has 0 rings (SSSR count). The number of rotatable bonds is 9. The summed E-state index contributed by atoms with van der Waals surface area (Å²) in [4.78, 5) is 0. The fourth-order valence-corrected chi connectivity index (χ4v) is 54.8. The smallest absolute Gasteiger partial charge is 0.137 e. The lowest BCUT2D eigenvalue weighted by Crippen LogP contribution is -2.41. The van der Waals surface area contributed by atoms with Gasteiger partial charge in [0.05, 0.1) is 0 Å². The van der Waals surface area contributed by atoms with E-state index in [0.29, 0.717) is 6.04 Å². The first-order valence-electron chi connectivity index (χ1n) is 36.2. The highest BCUT2D eigenvalue weighted by molar-refractivity contribution is 7.13. The minimum atomic E-state index is -3.43. The van der Waals surface area contributed by atoms with Crippen LogP contribution in [-0.4, -0.2) is 161 Å². The van der Waals surface area contributed by atoms with Crippen LogP contribution in [-0.2, 0) is 0 Å². The Morgan fingerprint density at radius 3 is 0.360 bits per heavy atom. The summed E-state index contributed by atoms with van der Waals surface area (Å²) in [6.07, 6.45) is 0. The van der Waals surface area contributed by atoms with Gasteiger partial charge in [-0.05, 0) is 12.1 Å². The van der Waals surface area contributed by atoms with E-state index in [0.717, 1.165) is 6.04 Å². The molecule has 0 radical (unpaired) electrons. The van der Waals surface area contributed by atoms with E-state index in [4.69, 9.17) is 0 Å². The van der Waals surface area contributed by atoms with Crippen molar-refractivity contribution in [3.8, 4) is 166 Å². The van der Waals surface area contributed by atoms with Gasteiger partial charge in [-0.2, -0.15) is 0 Å². The molecule has 20 heteroatoms. The minimum absolute atomic E-state index is 0.682. The summed E-state index contributed by atoms with van der Waals surface area (Å²) in [5.41, 5.74) is 133. The van der Waals surface area contributed by atoms with E-state index < -0.39 is 161 Å². The van der Waals surface area contributed by atoms with Gasteiger partial charge in [-0.25, -0.2) is 0 Å². The van der Waals surface area contributed by atoms with Crippen molar-refractivity contribution >= 4 is 161 Å². The third kappa shape index (κ3) is 49.6. The van der Waals surface area contributed by atoms with Crippen molar-refractivity contribution in [1.82, 2.24) is 0 Å². The van der Waals surface area contributed by atoms with Gasteiger partial charge in [0, 0.05) is 0 Å². The Labute approximate surface area is 642 Å². The van der Waals surface area contributed by atoms with Crippen LogP contribution in [0.1, 0.15) is 0 Å². The van der Waals surface area contributed by atoms with Crippen LogP contribution < -0.4 is 0 Å². The Kier molecular flexibility index (Phi) is 34.9. The molecule has 0 aromatic carbocycles. The summed E-state index contributed by atoms with van der Waals surface area (Å²) >= 11 is 0. The number of hydrogen-bond donors (Lipinski definition) is 0. The number of hydrogen-bond acceptors (Lipinski definition) is 0. The van der Waals surface area contributed by atoms with Crippen LogP contribution in [0.4, 0.5) is 0 Å². The first-order chi connectivity index (χ1) is 43.9. The SMILES string of the molecule is C[Si](C)(C)C#C[Si](C#C[Si](C)(C)C)(C#C[Si](C)(C)C)C=C[Si](C)(C)C#C[Si](C#C[Si](C)(C)C=C[Si](C#C[Si](C)(C)C)(C#C[Si](C)(C)C)C#C[Si](C)(C)C)(C#C[Si](C)(C)C=C[Si](C#C[Si](C)(C)C)(C#C[Si](C)(C)C)C#C[Si](C)(C)C)CC[Si](C#C[Si](C)(C)C)(C#C[Si](C)(C)C)C#C[Si](C)(C)C. The summed E-state index contributed by atoms with van der Waals surface area (Å²) in [5, 5.41) is 0. The second-order valence-corrected chi connectivity index (χ2v) is 125. The van der Waals surface area contributed by atoms with Crippen LogP contribution in [0.15, 0.2) is 34.2 Å². The fraction of sp³-hybridized carbons (Fsp3) is 0.550. The maximum absolute atomic E-state index is 4.27. The molecular weight excluding hydrogens is 1520 g/mol. The second-order valence-electron chi connectivity index (χ2n) is 41.6. The average Bonchev–Trinajstić information content (AvgIpc) is 0.816. The van der Waals surface area contributed by atoms with E-state index in [1.807, 2.05) is 0 Å². The normalized spacial score (nSPS) is 13.7. The van der Waals surface area contributed by atoms with Gasteiger partial charge in [0.1, 0.15) is 96.9 Å². The van der Waals surface area contributed by atoms with Crippen molar-refractivity contribution in [3.05, 3.63) is 34.2 Å². The third-order valence-electron chi connectivity index (χ3n) is 12.6. The van der Waals surface area contributed by atoms with Crippen molar-refractivity contribution in [3.63, 3.8) is 0 Å². The monoisotopic (exact) mass is 1660 g/mol. The molecular formula is C80H136Si20. The molecule has 536 valence electrons. The summed E-state index contributed by atoms with van der Waals surface area (Å²) in [7, 11) is -45.4. The van der Waals surface area contributed by atoms with Gasteiger partial charge in [0.2, 0.25) is 0 Å². The molecule has 0 aliphatic carbocycles. The zero-order chi connectivity index (χ0) is 78.9. The maximum atomic E-state index is 4.27. The highest BCUT2D eigenvalue weighted by Gasteiger charge is 2.40. The Hall–Kier alpha value is -3.04. The third-order valence-corrected chi connectivity index (χ3v) is 45.6. The first kappa shape index (κ1) is 97.0. The zero-order valence-corrected chi connectivity index (χ0v) is 91.9. The molecule has 0 saturated heterocycles. The van der Waals surface area contributed by atoms with Gasteiger partial charge >= 0.3 is 24.2 Å². The standard InChI is InChI=1S/C80H136Si20/c1-81(2,3)43-61-96(62-44-82(4,5)6,63-45-83(7,8)9)73-55-93(37,38)58-76-100(80-79-99(70-52-90(28,29)30,71-53-91(31,32)33)72-54-92(34,35)36,77-59-94(39,40)56-74-97(64-46-84(10,11)12,65-47-85(13,14)15)66-48-86(16,17)18)78-60-95(41,42)57-75-98(67-49-87(19,20)21,68-50-88(22,23)24)69-51-89(25,26)27/h55-57,73-75H,79-80H2,1-42H3. The molecule has 0 atom stereocenters. The molecule has 0 bridgehead atoms. The molecule has 0 aromatic rings. The molecule has 0 aromatic heterocycles. The van der Waals surface area contributed by atoms with Gasteiger partial charge < -0.3 is 0 Å². The molecule has 100 heavy (non-hydrogen) atoms. The van der Waals surface area contributed by atoms with Crippen LogP contribution in [0, 0.1) is 166 Å². The molecule has 0 amide bonds. The van der Waals surface area contributed by atoms with Gasteiger partial charge in [0.15, 0.2) is 24.2 Å². The predicted octanol–water partition coefficient (Wildman–Crippen LogP) is 19.5. The Balaban J connectivity index is 11.1. The van der Waals surface area contributed by atoms with Crippen molar-refractivity contribution in [2.45, 2.75) is 287 Å². The van der Waals surface area contributed by atoms with Crippen LogP contribution in [0.25, 0.3) is 0 Å². The highest BCUT2D eigenvalue weighted by Crippen LogP contribution is 2.24. The van der Waals surface area contributed by atoms with Gasteiger partial charge in [-0.3, -0.25) is 0 Å². The Bertz CT molecular complexity index is 3450. The minimum Gasteiger partial charge on any atom is -0.137 e. The average molecular weight is 1660 g/mol. The van der Waals surface area contributed by atoms with Crippen molar-refractivity contribution in [2.75, 3.05) is 0 Å². The first-order valence-corrected chi connectivity index (χ1v) is 98.1. The van der Waals surface area contributed by atoms with E-state index in [-0.39, 0.29) is 0 Å². The Morgan fingerprint density at radius 1 is 0.130 bits per heavy atom. The van der Waals surface area contributed by atoms with Crippen molar-refractivity contribution < 1.29 is 0 Å². The topological polar surface area (TPSA) is 0 Å². The lowest BCUT2D eigenvalue weighted by atomic mass is 10.9. The fourth-order valence-electron chi connectivity index (χ4n) is 6.98. The van der Waals surface area contributed by atoms with Crippen LogP contribution in [0.5, 0.6) is 0 Å². The maximum Gasteiger partial charge on any atom is 0.311 e. The zero-order valence-electron chi connectivity index (χ0n) is 71.9. The summed E-state index contributed by atoms with van der Waals surface area (Å²) in [5.74, 6) is 0. The van der Waals surface area contributed by atoms with Crippen LogP contribution in [0.3, 0.4) is 0 Å². The van der Waals surface area contributed by atoms with E-state index in [2.05, 4.69) is 475 Å². The van der Waals surface area contributed by atoms with E-state index >= 15 is 0 Å². The van der Waals surface area contributed by atoms with Crippen molar-refractivity contribution in [2.24, 2.45) is 0 Å². The molecule has 0 aliphatic rings. The molecule has 0 saturated carbocycles. The summed E-state index contributed by atoms with van der Waals surface area (Å²) in [6, 6.07) is 1.40. The molecule has 0 heterocycles. The quantitative estimate of drug-likeness (QED) is 0.159. The lowest BCUT2D eigenvalue weighted by molar-refractivity contribution is 1.37. The molecule has 0 unspecified atom stereocenters. The summed E-state index contributed by atoms with van der Waals surface area (Å²) in [6.45, 7) is 98.4. The Morgan fingerprint density at radius 2 is 0.240 bits per heavy atom. The second kappa shape index (κ2) is 36.0. The molecule has 0 fully saturated rings. The molecule has 0 nitrogen and oxygen atoms in total. The molecule has 0 spiro atoms.